The molecule has 2 aliphatic rings. The number of fused-ring (bicyclic) bond motifs is 1. The summed E-state index contributed by atoms with van der Waals surface area (Å²) in [6, 6.07) is 13.5. The second-order valence-electron chi connectivity index (χ2n) is 6.03. The molecular weight excluding hydrogens is 320 g/mol. The molecule has 6 heteroatoms. The van der Waals surface area contributed by atoms with Crippen LogP contribution in [0.5, 0.6) is 0 Å². The number of carbonyl (C=O) groups excluding carboxylic acids is 3. The summed E-state index contributed by atoms with van der Waals surface area (Å²) < 4.78 is 5.35. The van der Waals surface area contributed by atoms with E-state index in [0.717, 1.165) is 11.3 Å². The molecule has 1 N–H and O–H groups in total. The lowest BCUT2D eigenvalue weighted by Gasteiger charge is -2.13. The first-order chi connectivity index (χ1) is 12.1. The average Bonchev–Trinajstić information content (AvgIpc) is 3.24. The lowest BCUT2D eigenvalue weighted by Crippen LogP contribution is -2.29. The van der Waals surface area contributed by atoms with Crippen molar-refractivity contribution in [1.29, 1.82) is 0 Å². The number of nitrogens with zero attached hydrogens (tertiary/aromatic N) is 1. The lowest BCUT2D eigenvalue weighted by molar-refractivity contribution is -0.124. The topological polar surface area (TPSA) is 75.7 Å². The van der Waals surface area contributed by atoms with Crippen LogP contribution in [0.2, 0.25) is 0 Å². The number of hydrogen-bond acceptors (Lipinski definition) is 4. The van der Waals surface area contributed by atoms with E-state index in [0.29, 0.717) is 35.5 Å². The fourth-order valence-corrected chi connectivity index (χ4v) is 3.14. The maximum Gasteiger partial charge on any atom is 0.266 e. The number of benzene rings is 2. The van der Waals surface area contributed by atoms with Gasteiger partial charge in [-0.1, -0.05) is 18.2 Å². The highest BCUT2D eigenvalue weighted by Crippen LogP contribution is 2.30. The van der Waals surface area contributed by atoms with Crippen LogP contribution < -0.4 is 10.2 Å². The fourth-order valence-electron chi connectivity index (χ4n) is 3.14. The summed E-state index contributed by atoms with van der Waals surface area (Å²) in [5, 5.41) is 2.76. The molecule has 2 aromatic rings. The van der Waals surface area contributed by atoms with Gasteiger partial charge in [0, 0.05) is 12.3 Å². The Balaban J connectivity index is 1.60. The van der Waals surface area contributed by atoms with Gasteiger partial charge in [-0.15, -0.1) is 0 Å². The first kappa shape index (κ1) is 15.5. The van der Waals surface area contributed by atoms with E-state index in [4.69, 9.17) is 4.74 Å². The Hall–Kier alpha value is -2.99. The van der Waals surface area contributed by atoms with Crippen molar-refractivity contribution in [3.8, 4) is 0 Å². The summed E-state index contributed by atoms with van der Waals surface area (Å²) in [4.78, 5) is 38.5. The molecule has 4 rings (SSSR count). The highest BCUT2D eigenvalue weighted by Gasteiger charge is 2.37. The van der Waals surface area contributed by atoms with Gasteiger partial charge in [0.15, 0.2) is 0 Å². The third-order valence-corrected chi connectivity index (χ3v) is 4.39. The Morgan fingerprint density at radius 3 is 2.52 bits per heavy atom. The van der Waals surface area contributed by atoms with E-state index in [-0.39, 0.29) is 17.7 Å². The number of amides is 3. The maximum absolute atomic E-state index is 12.7. The molecule has 25 heavy (non-hydrogen) atoms. The minimum Gasteiger partial charge on any atom is -0.368 e. The van der Waals surface area contributed by atoms with Gasteiger partial charge in [0.2, 0.25) is 0 Å². The van der Waals surface area contributed by atoms with E-state index in [9.17, 15) is 14.4 Å². The summed E-state index contributed by atoms with van der Waals surface area (Å²) in [5.41, 5.74) is 1.64. The molecule has 0 spiro atoms. The van der Waals surface area contributed by atoms with Crippen molar-refractivity contribution in [2.45, 2.75) is 18.9 Å². The Labute approximate surface area is 144 Å². The smallest absolute Gasteiger partial charge is 0.266 e. The van der Waals surface area contributed by atoms with Crippen LogP contribution in [-0.4, -0.2) is 30.4 Å². The molecule has 0 bridgehead atoms. The zero-order valence-electron chi connectivity index (χ0n) is 13.4. The number of ether oxygens (including phenoxy) is 1. The summed E-state index contributed by atoms with van der Waals surface area (Å²) in [6.45, 7) is 0.585. The first-order valence-corrected chi connectivity index (χ1v) is 8.15. The Morgan fingerprint density at radius 1 is 1.04 bits per heavy atom. The molecular formula is C19H16N2O4. The second-order valence-corrected chi connectivity index (χ2v) is 6.03. The molecule has 6 nitrogen and oxygen atoms in total. The van der Waals surface area contributed by atoms with Crippen molar-refractivity contribution in [3.05, 3.63) is 59.7 Å². The largest absolute Gasteiger partial charge is 0.368 e. The molecule has 0 aliphatic carbocycles. The second kappa shape index (κ2) is 6.14. The summed E-state index contributed by atoms with van der Waals surface area (Å²) >= 11 is 0. The van der Waals surface area contributed by atoms with E-state index < -0.39 is 6.10 Å². The van der Waals surface area contributed by atoms with Crippen LogP contribution in [0.1, 0.15) is 33.6 Å². The number of anilines is 2. The van der Waals surface area contributed by atoms with Crippen LogP contribution in [0.25, 0.3) is 0 Å². The zero-order chi connectivity index (χ0) is 17.4. The highest BCUT2D eigenvalue weighted by atomic mass is 16.5. The van der Waals surface area contributed by atoms with Gasteiger partial charge in [-0.25, -0.2) is 4.90 Å². The lowest BCUT2D eigenvalue weighted by atomic mass is 10.1. The highest BCUT2D eigenvalue weighted by molar-refractivity contribution is 6.34. The molecule has 3 amide bonds. The number of imide groups is 1. The van der Waals surface area contributed by atoms with Gasteiger partial charge in [-0.3, -0.25) is 14.4 Å². The maximum atomic E-state index is 12.7. The predicted molar refractivity (Wildman–Crippen MR) is 91.6 cm³/mol. The van der Waals surface area contributed by atoms with Gasteiger partial charge >= 0.3 is 0 Å². The molecule has 2 aliphatic heterocycles. The van der Waals surface area contributed by atoms with E-state index in [2.05, 4.69) is 5.32 Å². The van der Waals surface area contributed by atoms with E-state index >= 15 is 0 Å². The van der Waals surface area contributed by atoms with E-state index in [1.54, 1.807) is 42.5 Å². The van der Waals surface area contributed by atoms with E-state index in [1.165, 1.54) is 0 Å². The summed E-state index contributed by atoms with van der Waals surface area (Å²) in [5.74, 6) is -0.975. The van der Waals surface area contributed by atoms with Crippen LogP contribution in [0.4, 0.5) is 11.4 Å². The van der Waals surface area contributed by atoms with Crippen LogP contribution in [0.3, 0.4) is 0 Å². The standard InChI is InChI=1S/C19H16N2O4/c22-17(16-7-4-10-25-16)20-12-8-9-14-15(11-12)19(24)21(18(14)23)13-5-2-1-3-6-13/h1-3,5-6,8-9,11,16H,4,7,10H2,(H,20,22)/t16-/m1/s1. The van der Waals surface area contributed by atoms with Crippen LogP contribution in [-0.2, 0) is 9.53 Å². The molecule has 1 saturated heterocycles. The number of nitrogens with one attached hydrogen (secondary N) is 1. The van der Waals surface area contributed by atoms with Crippen molar-refractivity contribution >= 4 is 29.1 Å². The number of para-hydroxylation sites is 1. The van der Waals surface area contributed by atoms with Gasteiger partial charge in [0.05, 0.1) is 16.8 Å². The quantitative estimate of drug-likeness (QED) is 0.874. The zero-order valence-corrected chi connectivity index (χ0v) is 13.4. The van der Waals surface area contributed by atoms with Crippen molar-refractivity contribution in [1.82, 2.24) is 0 Å². The minimum absolute atomic E-state index is 0.228. The van der Waals surface area contributed by atoms with Crippen molar-refractivity contribution in [3.63, 3.8) is 0 Å². The van der Waals surface area contributed by atoms with Gasteiger partial charge in [-0.05, 0) is 43.2 Å². The van der Waals surface area contributed by atoms with Crippen LogP contribution >= 0.6 is 0 Å². The SMILES string of the molecule is O=C(Nc1ccc2c(c1)C(=O)N(c1ccccc1)C2=O)[C@H]1CCCO1. The summed E-state index contributed by atoms with van der Waals surface area (Å²) in [7, 11) is 0. The van der Waals surface area contributed by atoms with Crippen LogP contribution in [0.15, 0.2) is 48.5 Å². The molecule has 1 atom stereocenters. The first-order valence-electron chi connectivity index (χ1n) is 8.15. The number of carbonyl (C=O) groups is 3. The third-order valence-electron chi connectivity index (χ3n) is 4.39. The third kappa shape index (κ3) is 2.70. The number of rotatable bonds is 3. The molecule has 2 aromatic carbocycles. The average molecular weight is 336 g/mol. The number of hydrogen-bond donors (Lipinski definition) is 1. The fraction of sp³-hybridized carbons (Fsp3) is 0.211. The van der Waals surface area contributed by atoms with Gasteiger partial charge < -0.3 is 10.1 Å². The monoisotopic (exact) mass is 336 g/mol. The molecule has 0 unspecified atom stereocenters. The minimum atomic E-state index is -0.452. The van der Waals surface area contributed by atoms with Gasteiger partial charge in [-0.2, -0.15) is 0 Å². The van der Waals surface area contributed by atoms with E-state index in [1.807, 2.05) is 6.07 Å². The van der Waals surface area contributed by atoms with Crippen LogP contribution in [0, 0.1) is 0 Å². The Morgan fingerprint density at radius 2 is 1.80 bits per heavy atom. The Bertz CT molecular complexity index is 857. The molecule has 126 valence electrons. The normalized spacial score (nSPS) is 19.2. The van der Waals surface area contributed by atoms with Crippen molar-refractivity contribution in [2.75, 3.05) is 16.8 Å². The molecule has 1 fully saturated rings. The molecule has 2 heterocycles. The molecule has 0 radical (unpaired) electrons. The van der Waals surface area contributed by atoms with Gasteiger partial charge in [0.25, 0.3) is 17.7 Å². The summed E-state index contributed by atoms with van der Waals surface area (Å²) in [6.07, 6.45) is 1.10. The molecule has 0 saturated carbocycles. The van der Waals surface area contributed by atoms with Crippen molar-refractivity contribution in [2.24, 2.45) is 0 Å². The van der Waals surface area contributed by atoms with Crippen molar-refractivity contribution < 1.29 is 19.1 Å². The van der Waals surface area contributed by atoms with Gasteiger partial charge in [0.1, 0.15) is 6.10 Å². The predicted octanol–water partition coefficient (Wildman–Crippen LogP) is 2.60. The Kier molecular flexibility index (Phi) is 3.82. The molecule has 0 aromatic heterocycles.